The third kappa shape index (κ3) is 5.41. The molecule has 2 aromatic heterocycles. The lowest BCUT2D eigenvalue weighted by Crippen LogP contribution is -2.46. The first-order valence-corrected chi connectivity index (χ1v) is 15.3. The second-order valence-electron chi connectivity index (χ2n) is 10.6. The van der Waals surface area contributed by atoms with E-state index in [0.29, 0.717) is 42.0 Å². The Kier molecular flexibility index (Phi) is 8.84. The van der Waals surface area contributed by atoms with Crippen LogP contribution in [-0.2, 0) is 32.1 Å². The van der Waals surface area contributed by atoms with Gasteiger partial charge in [-0.25, -0.2) is 4.79 Å². The van der Waals surface area contributed by atoms with E-state index in [-0.39, 0.29) is 30.7 Å². The third-order valence-corrected chi connectivity index (χ3v) is 10.4. The van der Waals surface area contributed by atoms with Crippen molar-refractivity contribution in [1.82, 2.24) is 9.13 Å². The summed E-state index contributed by atoms with van der Waals surface area (Å²) in [6, 6.07) is 7.64. The first-order chi connectivity index (χ1) is 19.3. The van der Waals surface area contributed by atoms with Crippen LogP contribution in [0.15, 0.2) is 37.6 Å². The number of hydrogen-bond acceptors (Lipinski definition) is 8. The summed E-state index contributed by atoms with van der Waals surface area (Å²) in [6.45, 7) is 3.26. The average Bonchev–Trinajstić information content (AvgIpc) is 3.57. The Morgan fingerprint density at radius 1 is 1.15 bits per heavy atom. The van der Waals surface area contributed by atoms with Gasteiger partial charge in [0.05, 0.1) is 41.5 Å². The number of aromatic nitrogens is 2. The van der Waals surface area contributed by atoms with Crippen LogP contribution in [0.4, 0.5) is 0 Å². The van der Waals surface area contributed by atoms with Crippen molar-refractivity contribution in [2.75, 3.05) is 27.4 Å². The maximum Gasteiger partial charge on any atom is 0.332 e. The van der Waals surface area contributed by atoms with Crippen molar-refractivity contribution in [2.24, 2.45) is 5.41 Å². The molecule has 1 aliphatic carbocycles. The van der Waals surface area contributed by atoms with Gasteiger partial charge in [-0.15, -0.1) is 11.3 Å². The van der Waals surface area contributed by atoms with E-state index in [9.17, 15) is 14.4 Å². The van der Waals surface area contributed by atoms with Crippen LogP contribution in [0.5, 0.6) is 5.75 Å². The van der Waals surface area contributed by atoms with Gasteiger partial charge in [-0.2, -0.15) is 0 Å². The molecule has 9 nitrogen and oxygen atoms in total. The summed E-state index contributed by atoms with van der Waals surface area (Å²) in [5.41, 5.74) is -0.152. The molecule has 1 atom stereocenters. The number of halogens is 1. The largest absolute Gasteiger partial charge is 0.496 e. The van der Waals surface area contributed by atoms with Gasteiger partial charge in [0.1, 0.15) is 16.7 Å². The van der Waals surface area contributed by atoms with E-state index in [0.717, 1.165) is 40.6 Å². The number of methoxy groups -OCH3 is 2. The number of carbonyl (C=O) groups excluding carboxylic acids is 1. The number of nitrogens with zero attached hydrogens (tertiary/aromatic N) is 2. The number of ether oxygens (including phenoxy) is 4. The van der Waals surface area contributed by atoms with Gasteiger partial charge >= 0.3 is 11.7 Å². The summed E-state index contributed by atoms with van der Waals surface area (Å²) < 4.78 is 26.7. The summed E-state index contributed by atoms with van der Waals surface area (Å²) in [6.07, 6.45) is 3.78. The average molecular weight is 636 g/mol. The molecule has 0 spiro atoms. The van der Waals surface area contributed by atoms with E-state index in [1.54, 1.807) is 11.7 Å². The Morgan fingerprint density at radius 2 is 1.85 bits per heavy atom. The van der Waals surface area contributed by atoms with Gasteiger partial charge in [-0.1, -0.05) is 31.0 Å². The van der Waals surface area contributed by atoms with Gasteiger partial charge in [-0.3, -0.25) is 18.7 Å². The minimum atomic E-state index is -0.898. The lowest BCUT2D eigenvalue weighted by Gasteiger charge is -2.30. The number of fused-ring (bicyclic) bond motifs is 1. The molecule has 3 aromatic rings. The van der Waals surface area contributed by atoms with Gasteiger partial charge in [-0.05, 0) is 60.2 Å². The van der Waals surface area contributed by atoms with E-state index in [4.69, 9.17) is 18.9 Å². The van der Waals surface area contributed by atoms with Gasteiger partial charge < -0.3 is 18.9 Å². The molecule has 1 saturated heterocycles. The van der Waals surface area contributed by atoms with Gasteiger partial charge in [0.15, 0.2) is 0 Å². The highest BCUT2D eigenvalue weighted by Crippen LogP contribution is 2.41. The first-order valence-electron chi connectivity index (χ1n) is 13.7. The van der Waals surface area contributed by atoms with Crippen molar-refractivity contribution < 1.29 is 23.7 Å². The van der Waals surface area contributed by atoms with Crippen LogP contribution in [0.1, 0.15) is 55.8 Å². The molecule has 0 radical (unpaired) electrons. The lowest BCUT2D eigenvalue weighted by atomic mass is 9.86. The van der Waals surface area contributed by atoms with Gasteiger partial charge in [0.2, 0.25) is 0 Å². The fraction of sp³-hybridized carbons (Fsp3) is 0.552. The molecule has 0 bridgehead atoms. The molecule has 0 amide bonds. The first kappa shape index (κ1) is 29.0. The van der Waals surface area contributed by atoms with Crippen LogP contribution in [0.2, 0.25) is 0 Å². The van der Waals surface area contributed by atoms with Crippen molar-refractivity contribution in [3.63, 3.8) is 0 Å². The van der Waals surface area contributed by atoms with E-state index < -0.39 is 17.2 Å². The highest BCUT2D eigenvalue weighted by atomic mass is 79.9. The van der Waals surface area contributed by atoms with Crippen LogP contribution in [0, 0.1) is 12.3 Å². The Bertz CT molecular complexity index is 1500. The number of esters is 1. The number of thiophene rings is 1. The Morgan fingerprint density at radius 3 is 2.52 bits per heavy atom. The Labute approximate surface area is 245 Å². The molecule has 2 fully saturated rings. The normalized spacial score (nSPS) is 18.2. The number of para-hydroxylation sites is 1. The van der Waals surface area contributed by atoms with E-state index in [1.807, 2.05) is 31.2 Å². The zero-order valence-electron chi connectivity index (χ0n) is 23.1. The molecule has 5 rings (SSSR count). The highest BCUT2D eigenvalue weighted by molar-refractivity contribution is 9.11. The number of benzene rings is 1. The van der Waals surface area contributed by atoms with Crippen LogP contribution >= 0.6 is 27.3 Å². The predicted molar refractivity (Wildman–Crippen MR) is 156 cm³/mol. The summed E-state index contributed by atoms with van der Waals surface area (Å²) in [4.78, 5) is 41.6. The van der Waals surface area contributed by atoms with Crippen molar-refractivity contribution in [1.29, 1.82) is 0 Å². The van der Waals surface area contributed by atoms with E-state index in [1.165, 1.54) is 23.0 Å². The molecule has 2 aliphatic rings. The van der Waals surface area contributed by atoms with Crippen LogP contribution in [-0.4, -0.2) is 48.6 Å². The maximum absolute atomic E-state index is 14.2. The SMILES string of the molecule is COC(=O)C1(Cn2c(=O)c3c(C)c(Br)sc3n(C[C@H](OC3CCOCC3)c3ccccc3OC)c2=O)CCCC1. The van der Waals surface area contributed by atoms with Crippen molar-refractivity contribution >= 4 is 43.5 Å². The quantitative estimate of drug-likeness (QED) is 0.306. The van der Waals surface area contributed by atoms with Crippen molar-refractivity contribution in [2.45, 2.75) is 70.7 Å². The Balaban J connectivity index is 1.66. The monoisotopic (exact) mass is 634 g/mol. The maximum atomic E-state index is 14.2. The van der Waals surface area contributed by atoms with Crippen LogP contribution in [0.3, 0.4) is 0 Å². The zero-order valence-corrected chi connectivity index (χ0v) is 25.5. The molecule has 1 saturated carbocycles. The molecule has 1 aliphatic heterocycles. The summed E-state index contributed by atoms with van der Waals surface area (Å²) >= 11 is 4.94. The molecule has 0 unspecified atom stereocenters. The molecule has 1 aromatic carbocycles. The molecule has 40 heavy (non-hydrogen) atoms. The van der Waals surface area contributed by atoms with Crippen LogP contribution < -0.4 is 16.0 Å². The van der Waals surface area contributed by atoms with Crippen molar-refractivity contribution in [3.05, 3.63) is 60.0 Å². The number of aryl methyl sites for hydroxylation is 1. The third-order valence-electron chi connectivity index (χ3n) is 8.24. The second kappa shape index (κ2) is 12.2. The van der Waals surface area contributed by atoms with E-state index in [2.05, 4.69) is 15.9 Å². The highest BCUT2D eigenvalue weighted by Gasteiger charge is 2.43. The lowest BCUT2D eigenvalue weighted by molar-refractivity contribution is -0.153. The molecule has 11 heteroatoms. The summed E-state index contributed by atoms with van der Waals surface area (Å²) in [5.74, 6) is 0.289. The van der Waals surface area contributed by atoms with Crippen molar-refractivity contribution in [3.8, 4) is 5.75 Å². The zero-order chi connectivity index (χ0) is 28.4. The second-order valence-corrected chi connectivity index (χ2v) is 12.9. The topological polar surface area (TPSA) is 98.0 Å². The minimum Gasteiger partial charge on any atom is -0.496 e. The van der Waals surface area contributed by atoms with Crippen LogP contribution in [0.25, 0.3) is 10.2 Å². The molecule has 3 heterocycles. The fourth-order valence-corrected chi connectivity index (χ4v) is 7.71. The number of carbonyl (C=O) groups is 1. The standard InChI is InChI=1S/C29H35BrN2O7S/c1-18-23-25(33)32(17-29(27(34)37-3)12-6-7-13-29)28(35)31(26(23)40-24(18)30)16-22(39-19-10-14-38-15-11-19)20-8-4-5-9-21(20)36-2/h4-5,8-9,19,22H,6-7,10-17H2,1-3H3/t22-/m0/s1. The van der Waals surface area contributed by atoms with E-state index >= 15 is 0 Å². The summed E-state index contributed by atoms with van der Waals surface area (Å²) in [7, 11) is 2.97. The van der Waals surface area contributed by atoms with Gasteiger partial charge in [0.25, 0.3) is 5.56 Å². The molecular weight excluding hydrogens is 600 g/mol. The fourth-order valence-electron chi connectivity index (χ4n) is 6.02. The van der Waals surface area contributed by atoms with Gasteiger partial charge in [0, 0.05) is 25.3 Å². The molecule has 216 valence electrons. The molecular formula is C29H35BrN2O7S. The smallest absolute Gasteiger partial charge is 0.332 e. The minimum absolute atomic E-state index is 0.0136. The number of rotatable bonds is 9. The Hall–Kier alpha value is -2.47. The summed E-state index contributed by atoms with van der Waals surface area (Å²) in [5, 5.41) is 0.472. The predicted octanol–water partition coefficient (Wildman–Crippen LogP) is 4.97. The number of hydrogen-bond donors (Lipinski definition) is 0. The molecule has 0 N–H and O–H groups in total.